The van der Waals surface area contributed by atoms with Gasteiger partial charge in [0.1, 0.15) is 12.6 Å². The second kappa shape index (κ2) is 13.6. The SMILES string of the molecule is CC(C)CC(NC(=O)C(=O)NC1CCCCC1)C(=O)NC(CC1CCNC1=O)C(=O)COC(F)(F)F. The number of halogens is 3. The molecule has 204 valence electrons. The van der Waals surface area contributed by atoms with Gasteiger partial charge in [-0.1, -0.05) is 33.1 Å². The van der Waals surface area contributed by atoms with Crippen molar-refractivity contribution in [1.29, 1.82) is 0 Å². The summed E-state index contributed by atoms with van der Waals surface area (Å²) in [5.41, 5.74) is 0. The summed E-state index contributed by atoms with van der Waals surface area (Å²) in [6, 6.07) is -2.79. The van der Waals surface area contributed by atoms with E-state index in [9.17, 15) is 37.1 Å². The van der Waals surface area contributed by atoms with Crippen LogP contribution in [0.25, 0.3) is 0 Å². The first-order valence-electron chi connectivity index (χ1n) is 12.3. The van der Waals surface area contributed by atoms with E-state index < -0.39 is 54.5 Å². The molecule has 0 aromatic heterocycles. The summed E-state index contributed by atoms with van der Waals surface area (Å²) in [6.45, 7) is 2.56. The number of rotatable bonds is 11. The molecule has 3 atom stereocenters. The number of ether oxygens (including phenoxy) is 1. The van der Waals surface area contributed by atoms with Crippen molar-refractivity contribution < 1.29 is 41.9 Å². The molecule has 36 heavy (non-hydrogen) atoms. The largest absolute Gasteiger partial charge is 0.522 e. The van der Waals surface area contributed by atoms with Crippen molar-refractivity contribution in [1.82, 2.24) is 21.3 Å². The smallest absolute Gasteiger partial charge is 0.356 e. The summed E-state index contributed by atoms with van der Waals surface area (Å²) in [6.07, 6.45) is -0.345. The van der Waals surface area contributed by atoms with Gasteiger partial charge < -0.3 is 21.3 Å². The molecule has 0 radical (unpaired) electrons. The second-order valence-electron chi connectivity index (χ2n) is 9.74. The fourth-order valence-corrected chi connectivity index (χ4v) is 4.38. The molecule has 3 unspecified atom stereocenters. The van der Waals surface area contributed by atoms with Crippen molar-refractivity contribution in [3.8, 4) is 0 Å². The van der Waals surface area contributed by atoms with Crippen molar-refractivity contribution in [2.24, 2.45) is 11.8 Å². The predicted molar refractivity (Wildman–Crippen MR) is 121 cm³/mol. The van der Waals surface area contributed by atoms with Gasteiger partial charge in [0, 0.05) is 18.5 Å². The highest BCUT2D eigenvalue weighted by molar-refractivity contribution is 6.35. The maximum atomic E-state index is 13.0. The van der Waals surface area contributed by atoms with Crippen LogP contribution >= 0.6 is 0 Å². The lowest BCUT2D eigenvalue weighted by Gasteiger charge is -2.26. The minimum atomic E-state index is -5.05. The molecule has 1 saturated carbocycles. The van der Waals surface area contributed by atoms with Crippen LogP contribution < -0.4 is 21.3 Å². The third kappa shape index (κ3) is 10.1. The Labute approximate surface area is 207 Å². The number of amides is 4. The molecule has 1 aliphatic carbocycles. The molecule has 1 saturated heterocycles. The van der Waals surface area contributed by atoms with E-state index in [4.69, 9.17) is 0 Å². The van der Waals surface area contributed by atoms with Gasteiger partial charge in [0.05, 0.1) is 6.04 Å². The van der Waals surface area contributed by atoms with Gasteiger partial charge in [-0.25, -0.2) is 0 Å². The van der Waals surface area contributed by atoms with E-state index in [1.165, 1.54) is 0 Å². The zero-order valence-electron chi connectivity index (χ0n) is 20.5. The van der Waals surface area contributed by atoms with Crippen molar-refractivity contribution in [2.45, 2.75) is 89.7 Å². The Morgan fingerprint density at radius 3 is 2.22 bits per heavy atom. The molecule has 0 spiro atoms. The highest BCUT2D eigenvalue weighted by Crippen LogP contribution is 2.20. The number of carbonyl (C=O) groups is 5. The molecule has 0 bridgehead atoms. The lowest BCUT2D eigenvalue weighted by atomic mass is 9.95. The van der Waals surface area contributed by atoms with Crippen LogP contribution in [0.3, 0.4) is 0 Å². The van der Waals surface area contributed by atoms with Gasteiger partial charge in [-0.3, -0.25) is 28.7 Å². The Bertz CT molecular complexity index is 814. The molecule has 0 aromatic rings. The van der Waals surface area contributed by atoms with Crippen molar-refractivity contribution in [3.63, 3.8) is 0 Å². The minimum Gasteiger partial charge on any atom is -0.356 e. The molecular weight excluding hydrogens is 485 g/mol. The Morgan fingerprint density at radius 1 is 1.00 bits per heavy atom. The summed E-state index contributed by atoms with van der Waals surface area (Å²) in [5.74, 6) is -4.95. The normalized spacial score (nSPS) is 20.4. The fourth-order valence-electron chi connectivity index (χ4n) is 4.38. The Hall–Kier alpha value is -2.70. The first-order chi connectivity index (χ1) is 16.9. The first kappa shape index (κ1) is 29.5. The lowest BCUT2D eigenvalue weighted by Crippen LogP contribution is -2.56. The van der Waals surface area contributed by atoms with Crippen LogP contribution in [0.15, 0.2) is 0 Å². The fraction of sp³-hybridized carbons (Fsp3) is 0.783. The van der Waals surface area contributed by atoms with Gasteiger partial charge in [-0.05, 0) is 38.0 Å². The van der Waals surface area contributed by atoms with Gasteiger partial charge >= 0.3 is 18.2 Å². The van der Waals surface area contributed by atoms with E-state index in [-0.39, 0.29) is 30.7 Å². The maximum Gasteiger partial charge on any atom is 0.522 e. The Balaban J connectivity index is 2.07. The average Bonchev–Trinajstić information content (AvgIpc) is 3.20. The highest BCUT2D eigenvalue weighted by Gasteiger charge is 2.36. The van der Waals surface area contributed by atoms with Crippen LogP contribution in [-0.4, -0.2) is 67.1 Å². The second-order valence-corrected chi connectivity index (χ2v) is 9.74. The van der Waals surface area contributed by atoms with Crippen LogP contribution in [0.5, 0.6) is 0 Å². The molecule has 10 nitrogen and oxygen atoms in total. The number of alkyl halides is 3. The van der Waals surface area contributed by atoms with E-state index in [2.05, 4.69) is 26.0 Å². The summed E-state index contributed by atoms with van der Waals surface area (Å²) < 4.78 is 41.0. The molecule has 1 aliphatic heterocycles. The summed E-state index contributed by atoms with van der Waals surface area (Å²) in [5, 5.41) is 9.97. The van der Waals surface area contributed by atoms with Gasteiger partial charge in [0.2, 0.25) is 11.8 Å². The van der Waals surface area contributed by atoms with Crippen LogP contribution in [0, 0.1) is 11.8 Å². The van der Waals surface area contributed by atoms with Crippen LogP contribution in [0.4, 0.5) is 13.2 Å². The Kier molecular flexibility index (Phi) is 11.1. The molecule has 4 amide bonds. The van der Waals surface area contributed by atoms with E-state index in [0.717, 1.165) is 32.1 Å². The van der Waals surface area contributed by atoms with Crippen molar-refractivity contribution >= 4 is 29.4 Å². The monoisotopic (exact) mass is 520 g/mol. The van der Waals surface area contributed by atoms with E-state index in [1.54, 1.807) is 13.8 Å². The number of carbonyl (C=O) groups excluding carboxylic acids is 5. The van der Waals surface area contributed by atoms with Crippen molar-refractivity contribution in [2.75, 3.05) is 13.2 Å². The predicted octanol–water partition coefficient (Wildman–Crippen LogP) is 1.08. The molecule has 2 fully saturated rings. The standard InChI is InChI=1S/C23H35F3N4O6/c1-13(2)10-17(30-22(35)21(34)28-15-6-4-3-5-7-15)20(33)29-16(11-14-8-9-27-19(14)32)18(31)12-36-23(24,25)26/h13-17H,3-12H2,1-2H3,(H,27,32)(H,28,34)(H,29,33)(H,30,35). The Morgan fingerprint density at radius 2 is 1.67 bits per heavy atom. The van der Waals surface area contributed by atoms with Crippen LogP contribution in [0.1, 0.15) is 65.2 Å². The van der Waals surface area contributed by atoms with Crippen molar-refractivity contribution in [3.05, 3.63) is 0 Å². The summed E-state index contributed by atoms with van der Waals surface area (Å²) >= 11 is 0. The zero-order chi connectivity index (χ0) is 26.9. The van der Waals surface area contributed by atoms with Gasteiger partial charge in [-0.15, -0.1) is 13.2 Å². The maximum absolute atomic E-state index is 13.0. The molecule has 2 aliphatic rings. The molecule has 4 N–H and O–H groups in total. The molecule has 2 rings (SSSR count). The zero-order valence-corrected chi connectivity index (χ0v) is 20.5. The van der Waals surface area contributed by atoms with Crippen LogP contribution in [0.2, 0.25) is 0 Å². The number of nitrogens with one attached hydrogen (secondary N) is 4. The lowest BCUT2D eigenvalue weighted by molar-refractivity contribution is -0.321. The number of ketones is 1. The van der Waals surface area contributed by atoms with Gasteiger partial charge in [0.25, 0.3) is 0 Å². The average molecular weight is 521 g/mol. The van der Waals surface area contributed by atoms with E-state index in [0.29, 0.717) is 13.0 Å². The number of hydrogen-bond donors (Lipinski definition) is 4. The first-order valence-corrected chi connectivity index (χ1v) is 12.3. The van der Waals surface area contributed by atoms with Gasteiger partial charge in [-0.2, -0.15) is 0 Å². The summed E-state index contributed by atoms with van der Waals surface area (Å²) in [7, 11) is 0. The van der Waals surface area contributed by atoms with Crippen LogP contribution in [-0.2, 0) is 28.7 Å². The van der Waals surface area contributed by atoms with E-state index >= 15 is 0 Å². The minimum absolute atomic E-state index is 0.106. The third-order valence-electron chi connectivity index (χ3n) is 6.24. The quantitative estimate of drug-likeness (QED) is 0.300. The topological polar surface area (TPSA) is 143 Å². The summed E-state index contributed by atoms with van der Waals surface area (Å²) in [4.78, 5) is 62.3. The number of Topliss-reactive ketones (excluding diaryl/α,β-unsaturated/α-hetero) is 1. The molecule has 0 aromatic carbocycles. The molecule has 13 heteroatoms. The number of hydrogen-bond acceptors (Lipinski definition) is 6. The third-order valence-corrected chi connectivity index (χ3v) is 6.24. The van der Waals surface area contributed by atoms with Gasteiger partial charge in [0.15, 0.2) is 5.78 Å². The van der Waals surface area contributed by atoms with E-state index in [1.807, 2.05) is 0 Å². The molecule has 1 heterocycles. The molecular formula is C23H35F3N4O6. The highest BCUT2D eigenvalue weighted by atomic mass is 19.4.